The Morgan fingerprint density at radius 3 is 2.73 bits per heavy atom. The summed E-state index contributed by atoms with van der Waals surface area (Å²) in [6.07, 6.45) is -0.0973. The summed E-state index contributed by atoms with van der Waals surface area (Å²) in [6.45, 7) is 1.47. The van der Waals surface area contributed by atoms with Crippen molar-refractivity contribution in [3.63, 3.8) is 0 Å². The molecule has 1 atom stereocenters. The Kier molecular flexibility index (Phi) is 4.73. The first-order valence-electron chi connectivity index (χ1n) is 8.45. The van der Waals surface area contributed by atoms with Crippen molar-refractivity contribution in [2.45, 2.75) is 25.8 Å². The molecule has 1 aromatic heterocycles. The molecule has 132 valence electrons. The number of nitrogens with one attached hydrogen (secondary N) is 1. The number of ether oxygens (including phenoxy) is 1. The fourth-order valence-electron chi connectivity index (χ4n) is 2.98. The van der Waals surface area contributed by atoms with Crippen LogP contribution in [0.15, 0.2) is 60.7 Å². The number of nitrogens with zero attached hydrogens (tertiary/aromatic N) is 2. The summed E-state index contributed by atoms with van der Waals surface area (Å²) in [4.78, 5) is 12.4. The van der Waals surface area contributed by atoms with E-state index in [1.807, 2.05) is 59.3 Å². The van der Waals surface area contributed by atoms with Crippen molar-refractivity contribution in [2.75, 3.05) is 0 Å². The lowest BCUT2D eigenvalue weighted by Crippen LogP contribution is -2.24. The molecule has 2 heterocycles. The van der Waals surface area contributed by atoms with Gasteiger partial charge in [-0.1, -0.05) is 54.1 Å². The molecule has 1 amide bonds. The van der Waals surface area contributed by atoms with Gasteiger partial charge in [0.1, 0.15) is 6.10 Å². The third-order valence-corrected chi connectivity index (χ3v) is 4.66. The molecule has 0 fully saturated rings. The molecule has 1 aliphatic rings. The number of carbonyl (C=O) groups excluding carboxylic acids is 1. The van der Waals surface area contributed by atoms with Crippen LogP contribution < -0.4 is 5.32 Å². The van der Waals surface area contributed by atoms with Crippen molar-refractivity contribution in [2.24, 2.45) is 0 Å². The normalized spacial score (nSPS) is 16.1. The second-order valence-corrected chi connectivity index (χ2v) is 6.66. The molecule has 0 saturated heterocycles. The van der Waals surface area contributed by atoms with Crippen molar-refractivity contribution < 1.29 is 9.53 Å². The monoisotopic (exact) mass is 367 g/mol. The molecule has 0 aliphatic carbocycles. The number of benzene rings is 2. The van der Waals surface area contributed by atoms with Crippen LogP contribution in [0, 0.1) is 0 Å². The van der Waals surface area contributed by atoms with Crippen molar-refractivity contribution in [1.82, 2.24) is 15.1 Å². The number of fused-ring (bicyclic) bond motifs is 1. The predicted molar refractivity (Wildman–Crippen MR) is 98.8 cm³/mol. The van der Waals surface area contributed by atoms with E-state index in [4.69, 9.17) is 16.3 Å². The zero-order valence-corrected chi connectivity index (χ0v) is 14.8. The Morgan fingerprint density at radius 1 is 1.19 bits per heavy atom. The summed E-state index contributed by atoms with van der Waals surface area (Å²) < 4.78 is 7.76. The van der Waals surface area contributed by atoms with Gasteiger partial charge in [0, 0.05) is 11.6 Å². The molecule has 1 aliphatic heterocycles. The summed E-state index contributed by atoms with van der Waals surface area (Å²) in [5.41, 5.74) is 3.41. The Morgan fingerprint density at radius 2 is 1.96 bits per heavy atom. The number of halogens is 1. The highest BCUT2D eigenvalue weighted by Gasteiger charge is 2.24. The van der Waals surface area contributed by atoms with Crippen LogP contribution in [0.25, 0.3) is 0 Å². The molecule has 6 heteroatoms. The van der Waals surface area contributed by atoms with Gasteiger partial charge in [-0.15, -0.1) is 0 Å². The molecule has 26 heavy (non-hydrogen) atoms. The van der Waals surface area contributed by atoms with E-state index in [2.05, 4.69) is 10.4 Å². The standard InChI is InChI=1S/C20H18ClN3O2/c21-16-8-6-15(7-9-16)19-12-24-17(13-26-19)10-18(23-24)20(25)22-11-14-4-2-1-3-5-14/h1-10,19H,11-13H2,(H,22,25). The second-order valence-electron chi connectivity index (χ2n) is 6.22. The van der Waals surface area contributed by atoms with Crippen molar-refractivity contribution >= 4 is 17.5 Å². The third kappa shape index (κ3) is 3.64. The van der Waals surface area contributed by atoms with Crippen LogP contribution in [0.1, 0.15) is 33.4 Å². The molecular formula is C20H18ClN3O2. The minimum atomic E-state index is -0.182. The Balaban J connectivity index is 1.43. The number of carbonyl (C=O) groups is 1. The van der Waals surface area contributed by atoms with Crippen molar-refractivity contribution in [3.8, 4) is 0 Å². The zero-order valence-electron chi connectivity index (χ0n) is 14.1. The van der Waals surface area contributed by atoms with Crippen LogP contribution in [-0.2, 0) is 24.4 Å². The lowest BCUT2D eigenvalue weighted by atomic mass is 10.1. The molecule has 1 N–H and O–H groups in total. The van der Waals surface area contributed by atoms with Crippen molar-refractivity contribution in [3.05, 3.63) is 88.2 Å². The van der Waals surface area contributed by atoms with E-state index in [0.29, 0.717) is 30.4 Å². The maximum absolute atomic E-state index is 12.4. The molecule has 0 spiro atoms. The molecule has 2 aromatic carbocycles. The molecule has 5 nitrogen and oxygen atoms in total. The van der Waals surface area contributed by atoms with E-state index in [1.54, 1.807) is 6.07 Å². The highest BCUT2D eigenvalue weighted by atomic mass is 35.5. The highest BCUT2D eigenvalue weighted by Crippen LogP contribution is 2.27. The zero-order chi connectivity index (χ0) is 17.9. The molecule has 3 aromatic rings. The molecule has 4 rings (SSSR count). The summed E-state index contributed by atoms with van der Waals surface area (Å²) in [7, 11) is 0. The van der Waals surface area contributed by atoms with Crippen LogP contribution in [0.5, 0.6) is 0 Å². The lowest BCUT2D eigenvalue weighted by Gasteiger charge is -2.24. The first kappa shape index (κ1) is 16.8. The fraction of sp³-hybridized carbons (Fsp3) is 0.200. The lowest BCUT2D eigenvalue weighted by molar-refractivity contribution is -0.00119. The van der Waals surface area contributed by atoms with E-state index in [9.17, 15) is 4.79 Å². The summed E-state index contributed by atoms with van der Waals surface area (Å²) in [6, 6.07) is 19.2. The van der Waals surface area contributed by atoms with Gasteiger partial charge in [0.05, 0.1) is 18.8 Å². The third-order valence-electron chi connectivity index (χ3n) is 4.40. The molecule has 0 bridgehead atoms. The van der Waals surface area contributed by atoms with Gasteiger partial charge in [-0.05, 0) is 29.3 Å². The van der Waals surface area contributed by atoms with Gasteiger partial charge in [-0.2, -0.15) is 5.10 Å². The smallest absolute Gasteiger partial charge is 0.272 e. The highest BCUT2D eigenvalue weighted by molar-refractivity contribution is 6.30. The molecule has 1 unspecified atom stereocenters. The van der Waals surface area contributed by atoms with Gasteiger partial charge in [-0.25, -0.2) is 0 Å². The van der Waals surface area contributed by atoms with Gasteiger partial charge in [0.2, 0.25) is 0 Å². The Bertz CT molecular complexity index is 907. The van der Waals surface area contributed by atoms with Gasteiger partial charge >= 0.3 is 0 Å². The average Bonchev–Trinajstić information content (AvgIpc) is 3.11. The van der Waals surface area contributed by atoms with E-state index >= 15 is 0 Å². The van der Waals surface area contributed by atoms with Crippen LogP contribution in [-0.4, -0.2) is 15.7 Å². The number of aromatic nitrogens is 2. The minimum absolute atomic E-state index is 0.0973. The number of amides is 1. The number of hydrogen-bond acceptors (Lipinski definition) is 3. The van der Waals surface area contributed by atoms with Crippen LogP contribution in [0.4, 0.5) is 0 Å². The quantitative estimate of drug-likeness (QED) is 0.764. The average molecular weight is 368 g/mol. The van der Waals surface area contributed by atoms with Gasteiger partial charge < -0.3 is 10.1 Å². The van der Waals surface area contributed by atoms with Gasteiger partial charge in [0.25, 0.3) is 5.91 Å². The minimum Gasteiger partial charge on any atom is -0.365 e. The van der Waals surface area contributed by atoms with E-state index in [0.717, 1.165) is 16.8 Å². The maximum atomic E-state index is 12.4. The van der Waals surface area contributed by atoms with Crippen LogP contribution in [0.3, 0.4) is 0 Å². The Hall–Kier alpha value is -2.63. The Labute approximate surface area is 156 Å². The van der Waals surface area contributed by atoms with Gasteiger partial charge in [-0.3, -0.25) is 9.48 Å². The number of hydrogen-bond donors (Lipinski definition) is 1. The van der Waals surface area contributed by atoms with Gasteiger partial charge in [0.15, 0.2) is 5.69 Å². The first-order chi connectivity index (χ1) is 12.7. The molecular weight excluding hydrogens is 350 g/mol. The topological polar surface area (TPSA) is 56.2 Å². The summed E-state index contributed by atoms with van der Waals surface area (Å²) in [5.74, 6) is -0.182. The van der Waals surface area contributed by atoms with Crippen LogP contribution >= 0.6 is 11.6 Å². The fourth-order valence-corrected chi connectivity index (χ4v) is 3.11. The first-order valence-corrected chi connectivity index (χ1v) is 8.83. The summed E-state index contributed by atoms with van der Waals surface area (Å²) in [5, 5.41) is 8.05. The molecule has 0 radical (unpaired) electrons. The predicted octanol–water partition coefficient (Wildman–Crippen LogP) is 3.74. The number of rotatable bonds is 4. The van der Waals surface area contributed by atoms with E-state index in [1.165, 1.54) is 0 Å². The maximum Gasteiger partial charge on any atom is 0.272 e. The van der Waals surface area contributed by atoms with Crippen molar-refractivity contribution in [1.29, 1.82) is 0 Å². The molecule has 0 saturated carbocycles. The van der Waals surface area contributed by atoms with E-state index in [-0.39, 0.29) is 12.0 Å². The van der Waals surface area contributed by atoms with E-state index < -0.39 is 0 Å². The SMILES string of the molecule is O=C(NCc1ccccc1)c1cc2n(n1)CC(c1ccc(Cl)cc1)OC2. The summed E-state index contributed by atoms with van der Waals surface area (Å²) >= 11 is 5.94. The van der Waals surface area contributed by atoms with Crippen LogP contribution in [0.2, 0.25) is 5.02 Å². The largest absolute Gasteiger partial charge is 0.365 e. The second kappa shape index (κ2) is 7.32.